The second-order valence-corrected chi connectivity index (χ2v) is 5.91. The van der Waals surface area contributed by atoms with Gasteiger partial charge in [-0.3, -0.25) is 0 Å². The zero-order valence-corrected chi connectivity index (χ0v) is 11.8. The summed E-state index contributed by atoms with van der Waals surface area (Å²) in [6, 6.07) is 4.31. The molecule has 0 spiro atoms. The third-order valence-electron chi connectivity index (χ3n) is 3.04. The molecular formula is C14H15N3S. The molecule has 0 atom stereocenters. The number of aromatic amines is 1. The van der Waals surface area contributed by atoms with Crippen LogP contribution in [-0.4, -0.2) is 15.0 Å². The van der Waals surface area contributed by atoms with Gasteiger partial charge in [0.2, 0.25) is 0 Å². The zero-order valence-electron chi connectivity index (χ0n) is 11.0. The third kappa shape index (κ3) is 1.73. The highest BCUT2D eigenvalue weighted by atomic mass is 32.1. The molecule has 0 saturated heterocycles. The molecule has 0 aliphatic carbocycles. The highest BCUT2D eigenvalue weighted by Gasteiger charge is 2.13. The second kappa shape index (κ2) is 3.92. The molecule has 3 rings (SSSR count). The number of H-pyrrole nitrogens is 1. The fourth-order valence-corrected chi connectivity index (χ4v) is 3.19. The molecule has 0 saturated carbocycles. The third-order valence-corrected chi connectivity index (χ3v) is 4.12. The summed E-state index contributed by atoms with van der Waals surface area (Å²) in [6.07, 6.45) is 0. The van der Waals surface area contributed by atoms with Crippen LogP contribution in [0.2, 0.25) is 0 Å². The first-order valence-corrected chi connectivity index (χ1v) is 6.77. The van der Waals surface area contributed by atoms with Gasteiger partial charge in [-0.1, -0.05) is 6.07 Å². The van der Waals surface area contributed by atoms with Crippen LogP contribution in [0.15, 0.2) is 12.1 Å². The molecule has 3 nitrogen and oxygen atoms in total. The molecule has 0 radical (unpaired) electrons. The smallest absolute Gasteiger partial charge is 0.150 e. The average Bonchev–Trinajstić information content (AvgIpc) is 2.81. The maximum absolute atomic E-state index is 4.71. The van der Waals surface area contributed by atoms with E-state index in [1.165, 1.54) is 11.1 Å². The number of fused-ring (bicyclic) bond motifs is 1. The lowest BCUT2D eigenvalue weighted by molar-refractivity contribution is 1.19. The molecule has 0 bridgehead atoms. The molecule has 3 aromatic rings. The Morgan fingerprint density at radius 1 is 1.06 bits per heavy atom. The van der Waals surface area contributed by atoms with E-state index in [9.17, 15) is 0 Å². The standard InChI is InChI=1S/C14H15N3S/c1-7-5-8(2)12-11(6-7)16-14(17-12)13-9(3)15-10(4)18-13/h5-6H,1-4H3,(H,16,17). The minimum Gasteiger partial charge on any atom is -0.337 e. The van der Waals surface area contributed by atoms with Crippen LogP contribution < -0.4 is 0 Å². The van der Waals surface area contributed by atoms with Crippen molar-refractivity contribution in [3.63, 3.8) is 0 Å². The Morgan fingerprint density at radius 2 is 1.83 bits per heavy atom. The highest BCUT2D eigenvalue weighted by molar-refractivity contribution is 7.15. The van der Waals surface area contributed by atoms with E-state index in [-0.39, 0.29) is 0 Å². The number of rotatable bonds is 1. The summed E-state index contributed by atoms with van der Waals surface area (Å²) in [4.78, 5) is 13.7. The van der Waals surface area contributed by atoms with Gasteiger partial charge in [0.25, 0.3) is 0 Å². The van der Waals surface area contributed by atoms with Gasteiger partial charge in [-0.25, -0.2) is 9.97 Å². The van der Waals surface area contributed by atoms with Crippen LogP contribution in [0.5, 0.6) is 0 Å². The minimum absolute atomic E-state index is 0.932. The maximum Gasteiger partial charge on any atom is 0.150 e. The van der Waals surface area contributed by atoms with Gasteiger partial charge < -0.3 is 4.98 Å². The number of nitrogens with zero attached hydrogens (tertiary/aromatic N) is 2. The predicted molar refractivity (Wildman–Crippen MR) is 76.1 cm³/mol. The second-order valence-electron chi connectivity index (χ2n) is 4.71. The van der Waals surface area contributed by atoms with E-state index >= 15 is 0 Å². The molecule has 2 aromatic heterocycles. The van der Waals surface area contributed by atoms with Crippen LogP contribution in [0, 0.1) is 27.7 Å². The van der Waals surface area contributed by atoms with Crippen LogP contribution >= 0.6 is 11.3 Å². The average molecular weight is 257 g/mol. The van der Waals surface area contributed by atoms with E-state index in [1.807, 2.05) is 13.8 Å². The number of benzene rings is 1. The zero-order chi connectivity index (χ0) is 12.9. The number of aryl methyl sites for hydroxylation is 4. The maximum atomic E-state index is 4.71. The molecule has 2 heterocycles. The number of thiazole rings is 1. The lowest BCUT2D eigenvalue weighted by atomic mass is 10.1. The Kier molecular flexibility index (Phi) is 2.48. The van der Waals surface area contributed by atoms with Crippen molar-refractivity contribution < 1.29 is 0 Å². The molecule has 0 aliphatic rings. The molecule has 18 heavy (non-hydrogen) atoms. The van der Waals surface area contributed by atoms with Crippen LogP contribution in [0.1, 0.15) is 21.8 Å². The van der Waals surface area contributed by atoms with Crippen molar-refractivity contribution in [2.75, 3.05) is 0 Å². The molecular weight excluding hydrogens is 242 g/mol. The molecule has 92 valence electrons. The number of hydrogen-bond donors (Lipinski definition) is 1. The van der Waals surface area contributed by atoms with E-state index in [4.69, 9.17) is 4.98 Å². The molecule has 0 fully saturated rings. The summed E-state index contributed by atoms with van der Waals surface area (Å²) in [7, 11) is 0. The fourth-order valence-electron chi connectivity index (χ4n) is 2.33. The lowest BCUT2D eigenvalue weighted by Gasteiger charge is -1.96. The van der Waals surface area contributed by atoms with Crippen LogP contribution in [-0.2, 0) is 0 Å². The summed E-state index contributed by atoms with van der Waals surface area (Å²) in [5, 5.41) is 1.08. The van der Waals surface area contributed by atoms with Gasteiger partial charge in [0.05, 0.1) is 26.6 Å². The Morgan fingerprint density at radius 3 is 2.50 bits per heavy atom. The monoisotopic (exact) mass is 257 g/mol. The topological polar surface area (TPSA) is 41.6 Å². The summed E-state index contributed by atoms with van der Waals surface area (Å²) in [5.41, 5.74) is 5.68. The van der Waals surface area contributed by atoms with E-state index in [0.29, 0.717) is 0 Å². The van der Waals surface area contributed by atoms with Gasteiger partial charge in [0, 0.05) is 0 Å². The Bertz CT molecular complexity index is 737. The normalized spacial score (nSPS) is 11.3. The predicted octanol–water partition coefficient (Wildman–Crippen LogP) is 3.92. The number of nitrogens with one attached hydrogen (secondary N) is 1. The number of aromatic nitrogens is 3. The summed E-state index contributed by atoms with van der Waals surface area (Å²) in [5.74, 6) is 0.932. The molecule has 1 N–H and O–H groups in total. The summed E-state index contributed by atoms with van der Waals surface area (Å²) in [6.45, 7) is 8.27. The lowest BCUT2D eigenvalue weighted by Crippen LogP contribution is -1.80. The van der Waals surface area contributed by atoms with Gasteiger partial charge in [0.1, 0.15) is 0 Å². The number of hydrogen-bond acceptors (Lipinski definition) is 3. The van der Waals surface area contributed by atoms with Gasteiger partial charge in [-0.2, -0.15) is 0 Å². The first-order valence-electron chi connectivity index (χ1n) is 5.96. The summed E-state index contributed by atoms with van der Waals surface area (Å²) < 4.78 is 0. The SMILES string of the molecule is Cc1cc(C)c2nc(-c3sc(C)nc3C)[nH]c2c1. The Hall–Kier alpha value is -1.68. The Labute approximate surface area is 110 Å². The first-order chi connectivity index (χ1) is 8.54. The van der Waals surface area contributed by atoms with Crippen LogP contribution in [0.4, 0.5) is 0 Å². The largest absolute Gasteiger partial charge is 0.337 e. The van der Waals surface area contributed by atoms with E-state index < -0.39 is 0 Å². The van der Waals surface area contributed by atoms with Gasteiger partial charge >= 0.3 is 0 Å². The van der Waals surface area contributed by atoms with Gasteiger partial charge in [0.15, 0.2) is 5.82 Å². The molecule has 1 aromatic carbocycles. The van der Waals surface area contributed by atoms with Crippen molar-refractivity contribution in [2.45, 2.75) is 27.7 Å². The molecule has 0 unspecified atom stereocenters. The fraction of sp³-hybridized carbons (Fsp3) is 0.286. The van der Waals surface area contributed by atoms with E-state index in [2.05, 4.69) is 35.9 Å². The van der Waals surface area contributed by atoms with Crippen molar-refractivity contribution in [3.05, 3.63) is 34.0 Å². The van der Waals surface area contributed by atoms with Crippen molar-refractivity contribution in [3.8, 4) is 10.7 Å². The van der Waals surface area contributed by atoms with E-state index in [0.717, 1.165) is 32.4 Å². The van der Waals surface area contributed by atoms with E-state index in [1.54, 1.807) is 11.3 Å². The van der Waals surface area contributed by atoms with Gasteiger partial charge in [-0.15, -0.1) is 11.3 Å². The van der Waals surface area contributed by atoms with Crippen LogP contribution in [0.3, 0.4) is 0 Å². The molecule has 0 amide bonds. The quantitative estimate of drug-likeness (QED) is 0.718. The molecule has 0 aliphatic heterocycles. The molecule has 4 heteroatoms. The van der Waals surface area contributed by atoms with Crippen molar-refractivity contribution in [2.24, 2.45) is 0 Å². The Balaban J connectivity index is 2.25. The van der Waals surface area contributed by atoms with Crippen LogP contribution in [0.25, 0.3) is 21.7 Å². The van der Waals surface area contributed by atoms with Crippen molar-refractivity contribution in [1.29, 1.82) is 0 Å². The minimum atomic E-state index is 0.932. The van der Waals surface area contributed by atoms with Gasteiger partial charge in [-0.05, 0) is 44.9 Å². The van der Waals surface area contributed by atoms with Crippen molar-refractivity contribution >= 4 is 22.4 Å². The summed E-state index contributed by atoms with van der Waals surface area (Å²) >= 11 is 1.69. The first kappa shape index (κ1) is 11.4. The highest BCUT2D eigenvalue weighted by Crippen LogP contribution is 2.30. The van der Waals surface area contributed by atoms with Crippen molar-refractivity contribution in [1.82, 2.24) is 15.0 Å². The number of imidazole rings is 1.